The lowest BCUT2D eigenvalue weighted by Gasteiger charge is -2.34. The topological polar surface area (TPSA) is 59.2 Å². The Balaban J connectivity index is 1.52. The van der Waals surface area contributed by atoms with E-state index >= 15 is 0 Å². The van der Waals surface area contributed by atoms with Gasteiger partial charge >= 0.3 is 0 Å². The van der Waals surface area contributed by atoms with Gasteiger partial charge in [-0.15, -0.1) is 0 Å². The van der Waals surface area contributed by atoms with Crippen molar-refractivity contribution in [2.75, 3.05) is 26.2 Å². The molecule has 7 nitrogen and oxygen atoms in total. The maximum absolute atomic E-state index is 12.4. The quantitative estimate of drug-likeness (QED) is 0.832. The average Bonchev–Trinajstić information content (AvgIpc) is 3.03. The molecule has 3 rings (SSSR count). The Labute approximate surface area is 146 Å². The molecular formula is C16H23ClN6O. The van der Waals surface area contributed by atoms with Crippen molar-refractivity contribution >= 4 is 17.5 Å². The first-order valence-electron chi connectivity index (χ1n) is 8.11. The average molecular weight is 351 g/mol. The van der Waals surface area contributed by atoms with E-state index < -0.39 is 0 Å². The highest BCUT2D eigenvalue weighted by atomic mass is 35.5. The number of aromatic nitrogens is 4. The SMILES string of the molecule is Cc1nn(C)cc1CN1CCN(C(=O)Cn2ncc(Cl)c2C)CC1. The molecule has 1 fully saturated rings. The fourth-order valence-electron chi connectivity index (χ4n) is 3.01. The molecule has 0 N–H and O–H groups in total. The van der Waals surface area contributed by atoms with Crippen LogP contribution in [0.15, 0.2) is 12.4 Å². The van der Waals surface area contributed by atoms with Gasteiger partial charge in [0.05, 0.1) is 22.6 Å². The van der Waals surface area contributed by atoms with Crippen LogP contribution < -0.4 is 0 Å². The van der Waals surface area contributed by atoms with Crippen LogP contribution in [0.3, 0.4) is 0 Å². The molecule has 0 atom stereocenters. The standard InChI is InChI=1S/C16H23ClN6O/c1-12-14(9-20(3)19-12)10-21-4-6-22(7-5-21)16(24)11-23-13(2)15(17)8-18-23/h8-9H,4-7,10-11H2,1-3H3. The van der Waals surface area contributed by atoms with E-state index in [2.05, 4.69) is 21.3 Å². The molecule has 0 spiro atoms. The zero-order valence-corrected chi connectivity index (χ0v) is 15.1. The zero-order valence-electron chi connectivity index (χ0n) is 14.4. The van der Waals surface area contributed by atoms with E-state index in [1.54, 1.807) is 10.9 Å². The Morgan fingerprint density at radius 1 is 1.25 bits per heavy atom. The minimum atomic E-state index is 0.0927. The minimum Gasteiger partial charge on any atom is -0.339 e. The highest BCUT2D eigenvalue weighted by Gasteiger charge is 2.22. The molecule has 2 aromatic heterocycles. The summed E-state index contributed by atoms with van der Waals surface area (Å²) in [6, 6.07) is 0. The molecule has 1 aliphatic rings. The summed E-state index contributed by atoms with van der Waals surface area (Å²) >= 11 is 5.99. The predicted octanol–water partition coefficient (Wildman–Crippen LogP) is 1.23. The van der Waals surface area contributed by atoms with E-state index in [4.69, 9.17) is 11.6 Å². The van der Waals surface area contributed by atoms with Gasteiger partial charge in [-0.05, 0) is 13.8 Å². The lowest BCUT2D eigenvalue weighted by atomic mass is 10.2. The number of carbonyl (C=O) groups is 1. The summed E-state index contributed by atoms with van der Waals surface area (Å²) in [5.74, 6) is 0.0927. The van der Waals surface area contributed by atoms with Crippen molar-refractivity contribution in [2.24, 2.45) is 7.05 Å². The summed E-state index contributed by atoms with van der Waals surface area (Å²) < 4.78 is 3.51. The van der Waals surface area contributed by atoms with Crippen LogP contribution in [0.2, 0.25) is 5.02 Å². The largest absolute Gasteiger partial charge is 0.339 e. The highest BCUT2D eigenvalue weighted by molar-refractivity contribution is 6.31. The van der Waals surface area contributed by atoms with Gasteiger partial charge in [-0.25, -0.2) is 0 Å². The van der Waals surface area contributed by atoms with Gasteiger partial charge in [-0.1, -0.05) is 11.6 Å². The maximum Gasteiger partial charge on any atom is 0.244 e. The first kappa shape index (κ1) is 17.0. The van der Waals surface area contributed by atoms with Crippen molar-refractivity contribution in [1.29, 1.82) is 0 Å². The van der Waals surface area contributed by atoms with Gasteiger partial charge < -0.3 is 4.90 Å². The normalized spacial score (nSPS) is 15.9. The highest BCUT2D eigenvalue weighted by Crippen LogP contribution is 2.14. The third-order valence-electron chi connectivity index (χ3n) is 4.56. The molecule has 130 valence electrons. The lowest BCUT2D eigenvalue weighted by Crippen LogP contribution is -2.49. The fourth-order valence-corrected chi connectivity index (χ4v) is 3.15. The van der Waals surface area contributed by atoms with Crippen molar-refractivity contribution < 1.29 is 4.79 Å². The Hall–Kier alpha value is -1.86. The second-order valence-corrected chi connectivity index (χ2v) is 6.71. The first-order chi connectivity index (χ1) is 11.4. The number of amides is 1. The Morgan fingerprint density at radius 3 is 2.50 bits per heavy atom. The first-order valence-corrected chi connectivity index (χ1v) is 8.49. The van der Waals surface area contributed by atoms with Crippen LogP contribution in [-0.4, -0.2) is 61.4 Å². The van der Waals surface area contributed by atoms with Crippen molar-refractivity contribution in [3.05, 3.63) is 34.4 Å². The molecule has 0 saturated carbocycles. The van der Waals surface area contributed by atoms with E-state index in [0.717, 1.165) is 44.1 Å². The third kappa shape index (κ3) is 3.62. The van der Waals surface area contributed by atoms with Crippen LogP contribution in [0.1, 0.15) is 17.0 Å². The third-order valence-corrected chi connectivity index (χ3v) is 4.93. The van der Waals surface area contributed by atoms with Crippen LogP contribution >= 0.6 is 11.6 Å². The van der Waals surface area contributed by atoms with Crippen molar-refractivity contribution in [2.45, 2.75) is 26.9 Å². The number of halogens is 1. The van der Waals surface area contributed by atoms with Gasteiger partial charge in [0.25, 0.3) is 0 Å². The smallest absolute Gasteiger partial charge is 0.244 e. The van der Waals surface area contributed by atoms with Crippen LogP contribution in [0.4, 0.5) is 0 Å². The van der Waals surface area contributed by atoms with Crippen LogP contribution in [0.25, 0.3) is 0 Å². The number of aryl methyl sites for hydroxylation is 2. The van der Waals surface area contributed by atoms with Gasteiger partial charge in [0.2, 0.25) is 5.91 Å². The molecule has 1 aliphatic heterocycles. The summed E-state index contributed by atoms with van der Waals surface area (Å²) in [7, 11) is 1.94. The monoisotopic (exact) mass is 350 g/mol. The van der Waals surface area contributed by atoms with Crippen molar-refractivity contribution in [3.8, 4) is 0 Å². The minimum absolute atomic E-state index is 0.0927. The summed E-state index contributed by atoms with van der Waals surface area (Å²) in [6.45, 7) is 8.27. The zero-order chi connectivity index (χ0) is 17.3. The van der Waals surface area contributed by atoms with E-state index in [1.165, 1.54) is 5.56 Å². The Bertz CT molecular complexity index is 729. The van der Waals surface area contributed by atoms with E-state index in [-0.39, 0.29) is 12.5 Å². The molecule has 2 aromatic rings. The Kier molecular flexibility index (Phi) is 4.91. The number of piperazine rings is 1. The molecule has 0 aliphatic carbocycles. The molecule has 0 bridgehead atoms. The fraction of sp³-hybridized carbons (Fsp3) is 0.562. The number of carbonyl (C=O) groups excluding carboxylic acids is 1. The van der Waals surface area contributed by atoms with Gasteiger partial charge in [0.1, 0.15) is 6.54 Å². The summed E-state index contributed by atoms with van der Waals surface area (Å²) in [5.41, 5.74) is 3.15. The summed E-state index contributed by atoms with van der Waals surface area (Å²) in [5, 5.41) is 9.13. The second kappa shape index (κ2) is 6.94. The molecule has 0 unspecified atom stereocenters. The number of rotatable bonds is 4. The molecule has 8 heteroatoms. The van der Waals surface area contributed by atoms with Crippen LogP contribution in [-0.2, 0) is 24.9 Å². The maximum atomic E-state index is 12.4. The van der Waals surface area contributed by atoms with Crippen LogP contribution in [0.5, 0.6) is 0 Å². The predicted molar refractivity (Wildman–Crippen MR) is 91.8 cm³/mol. The molecule has 1 saturated heterocycles. The van der Waals surface area contributed by atoms with Gasteiger partial charge in [0.15, 0.2) is 0 Å². The summed E-state index contributed by atoms with van der Waals surface area (Å²) in [4.78, 5) is 16.7. The van der Waals surface area contributed by atoms with E-state index in [0.29, 0.717) is 5.02 Å². The molecule has 24 heavy (non-hydrogen) atoms. The van der Waals surface area contributed by atoms with Crippen molar-refractivity contribution in [1.82, 2.24) is 29.4 Å². The number of hydrogen-bond acceptors (Lipinski definition) is 4. The summed E-state index contributed by atoms with van der Waals surface area (Å²) in [6.07, 6.45) is 3.65. The molecule has 0 aromatic carbocycles. The van der Waals surface area contributed by atoms with E-state index in [9.17, 15) is 4.79 Å². The molecule has 3 heterocycles. The molecule has 0 radical (unpaired) electrons. The molecule has 1 amide bonds. The Morgan fingerprint density at radius 2 is 1.96 bits per heavy atom. The van der Waals surface area contributed by atoms with Crippen LogP contribution in [0, 0.1) is 13.8 Å². The second-order valence-electron chi connectivity index (χ2n) is 6.31. The van der Waals surface area contributed by atoms with E-state index in [1.807, 2.05) is 30.5 Å². The van der Waals surface area contributed by atoms with Gasteiger partial charge in [-0.2, -0.15) is 10.2 Å². The molecular weight excluding hydrogens is 328 g/mol. The lowest BCUT2D eigenvalue weighted by molar-refractivity contribution is -0.133. The van der Waals surface area contributed by atoms with Gasteiger partial charge in [-0.3, -0.25) is 19.1 Å². The number of nitrogens with zero attached hydrogens (tertiary/aromatic N) is 6. The van der Waals surface area contributed by atoms with Crippen molar-refractivity contribution in [3.63, 3.8) is 0 Å². The van der Waals surface area contributed by atoms with Gasteiger partial charge in [0, 0.05) is 51.5 Å². The number of hydrogen-bond donors (Lipinski definition) is 0.